The predicted molar refractivity (Wildman–Crippen MR) is 94.1 cm³/mol. The molecule has 3 rings (SSSR count). The second kappa shape index (κ2) is 6.57. The van der Waals surface area contributed by atoms with Gasteiger partial charge in [-0.25, -0.2) is 13.4 Å². The molecule has 2 heterocycles. The average molecular weight is 366 g/mol. The van der Waals surface area contributed by atoms with E-state index in [1.807, 2.05) is 30.3 Å². The standard InChI is InChI=1S/C15H12ClN3O2S2/c16-13-7-9-15(22-13)23(20,21)19-14-8-6-12(10-17-14)18-11-4-2-1-3-5-11/h1-10,18H,(H,17,19). The van der Waals surface area contributed by atoms with E-state index in [-0.39, 0.29) is 10.0 Å². The van der Waals surface area contributed by atoms with Crippen molar-refractivity contribution in [2.75, 3.05) is 10.0 Å². The highest BCUT2D eigenvalue weighted by atomic mass is 35.5. The lowest BCUT2D eigenvalue weighted by Crippen LogP contribution is -2.12. The molecule has 118 valence electrons. The van der Waals surface area contributed by atoms with Crippen LogP contribution in [0.3, 0.4) is 0 Å². The number of hydrogen-bond donors (Lipinski definition) is 2. The molecule has 0 atom stereocenters. The van der Waals surface area contributed by atoms with Gasteiger partial charge in [0.05, 0.1) is 16.2 Å². The molecule has 0 saturated heterocycles. The van der Waals surface area contributed by atoms with Gasteiger partial charge in [0.2, 0.25) is 0 Å². The Morgan fingerprint density at radius 3 is 2.35 bits per heavy atom. The van der Waals surface area contributed by atoms with Gasteiger partial charge in [0.1, 0.15) is 10.0 Å². The summed E-state index contributed by atoms with van der Waals surface area (Å²) in [6.07, 6.45) is 1.56. The molecule has 5 nitrogen and oxygen atoms in total. The van der Waals surface area contributed by atoms with Crippen LogP contribution in [0.4, 0.5) is 17.2 Å². The van der Waals surface area contributed by atoms with Gasteiger partial charge in [0, 0.05) is 5.69 Å². The maximum atomic E-state index is 12.2. The lowest BCUT2D eigenvalue weighted by atomic mass is 10.3. The number of benzene rings is 1. The summed E-state index contributed by atoms with van der Waals surface area (Å²) in [5, 5.41) is 3.17. The zero-order valence-corrected chi connectivity index (χ0v) is 14.1. The summed E-state index contributed by atoms with van der Waals surface area (Å²) in [5.41, 5.74) is 1.69. The first kappa shape index (κ1) is 15.8. The number of pyridine rings is 1. The molecule has 0 amide bonds. The number of rotatable bonds is 5. The second-order valence-corrected chi connectivity index (χ2v) is 8.21. The molecule has 0 spiro atoms. The number of para-hydroxylation sites is 1. The second-order valence-electron chi connectivity index (χ2n) is 4.59. The lowest BCUT2D eigenvalue weighted by molar-refractivity contribution is 0.603. The number of sulfonamides is 1. The fourth-order valence-electron chi connectivity index (χ4n) is 1.85. The van der Waals surface area contributed by atoms with Crippen molar-refractivity contribution in [1.82, 2.24) is 4.98 Å². The van der Waals surface area contributed by atoms with Crippen LogP contribution in [-0.4, -0.2) is 13.4 Å². The van der Waals surface area contributed by atoms with Crippen LogP contribution in [0.25, 0.3) is 0 Å². The van der Waals surface area contributed by atoms with Crippen LogP contribution in [0.5, 0.6) is 0 Å². The first-order valence-electron chi connectivity index (χ1n) is 6.59. The molecule has 1 aromatic carbocycles. The van der Waals surface area contributed by atoms with E-state index >= 15 is 0 Å². The number of hydrogen-bond acceptors (Lipinski definition) is 5. The van der Waals surface area contributed by atoms with E-state index in [0.29, 0.717) is 4.34 Å². The molecule has 0 aliphatic rings. The number of halogens is 1. The summed E-state index contributed by atoms with van der Waals surface area (Å²) < 4.78 is 27.3. The molecule has 3 aromatic rings. The molecular weight excluding hydrogens is 354 g/mol. The molecule has 0 bridgehead atoms. The van der Waals surface area contributed by atoms with Crippen LogP contribution < -0.4 is 10.0 Å². The van der Waals surface area contributed by atoms with E-state index in [4.69, 9.17) is 11.6 Å². The fraction of sp³-hybridized carbons (Fsp3) is 0. The van der Waals surface area contributed by atoms with Gasteiger partial charge < -0.3 is 5.32 Å². The average Bonchev–Trinajstić information content (AvgIpc) is 2.98. The van der Waals surface area contributed by atoms with Gasteiger partial charge in [0.25, 0.3) is 10.0 Å². The smallest absolute Gasteiger partial charge is 0.272 e. The highest BCUT2D eigenvalue weighted by Crippen LogP contribution is 2.27. The first-order chi connectivity index (χ1) is 11.0. The first-order valence-corrected chi connectivity index (χ1v) is 9.27. The van der Waals surface area contributed by atoms with Gasteiger partial charge in [-0.15, -0.1) is 11.3 Å². The third-order valence-electron chi connectivity index (χ3n) is 2.88. The molecule has 0 aliphatic heterocycles. The van der Waals surface area contributed by atoms with E-state index in [9.17, 15) is 8.42 Å². The van der Waals surface area contributed by atoms with Gasteiger partial charge in [0.15, 0.2) is 0 Å². The van der Waals surface area contributed by atoms with Crippen LogP contribution in [0.2, 0.25) is 4.34 Å². The third-order valence-corrected chi connectivity index (χ3v) is 5.96. The van der Waals surface area contributed by atoms with Crippen LogP contribution in [0.1, 0.15) is 0 Å². The van der Waals surface area contributed by atoms with Gasteiger partial charge in [-0.05, 0) is 36.4 Å². The van der Waals surface area contributed by atoms with Gasteiger partial charge in [-0.1, -0.05) is 29.8 Å². The van der Waals surface area contributed by atoms with Crippen molar-refractivity contribution < 1.29 is 8.42 Å². The van der Waals surface area contributed by atoms with Crippen molar-refractivity contribution in [3.63, 3.8) is 0 Å². The van der Waals surface area contributed by atoms with Crippen molar-refractivity contribution in [3.8, 4) is 0 Å². The van der Waals surface area contributed by atoms with Gasteiger partial charge in [-0.3, -0.25) is 4.72 Å². The molecule has 0 aliphatic carbocycles. The number of anilines is 3. The van der Waals surface area contributed by atoms with E-state index < -0.39 is 10.0 Å². The number of aromatic nitrogens is 1. The summed E-state index contributed by atoms with van der Waals surface area (Å²) in [6.45, 7) is 0. The highest BCUT2D eigenvalue weighted by Gasteiger charge is 2.17. The maximum Gasteiger partial charge on any atom is 0.272 e. The Morgan fingerprint density at radius 1 is 0.957 bits per heavy atom. The molecule has 0 radical (unpaired) electrons. The normalized spacial score (nSPS) is 11.2. The monoisotopic (exact) mass is 365 g/mol. The Morgan fingerprint density at radius 2 is 1.74 bits per heavy atom. The fourth-order valence-corrected chi connectivity index (χ4v) is 4.34. The molecule has 8 heteroatoms. The number of nitrogens with zero attached hydrogens (tertiary/aromatic N) is 1. The maximum absolute atomic E-state index is 12.2. The van der Waals surface area contributed by atoms with Crippen molar-refractivity contribution >= 4 is 50.2 Å². The van der Waals surface area contributed by atoms with Crippen LogP contribution >= 0.6 is 22.9 Å². The van der Waals surface area contributed by atoms with Crippen LogP contribution in [-0.2, 0) is 10.0 Å². The van der Waals surface area contributed by atoms with E-state index in [2.05, 4.69) is 15.0 Å². The lowest BCUT2D eigenvalue weighted by Gasteiger charge is -2.08. The Bertz CT molecular complexity index is 894. The van der Waals surface area contributed by atoms with E-state index in [0.717, 1.165) is 22.7 Å². The van der Waals surface area contributed by atoms with E-state index in [1.165, 1.54) is 6.07 Å². The topological polar surface area (TPSA) is 71.1 Å². The molecular formula is C15H12ClN3O2S2. The molecule has 2 N–H and O–H groups in total. The predicted octanol–water partition coefficient (Wildman–Crippen LogP) is 4.34. The van der Waals surface area contributed by atoms with Crippen molar-refractivity contribution in [2.24, 2.45) is 0 Å². The molecule has 0 fully saturated rings. The largest absolute Gasteiger partial charge is 0.354 e. The highest BCUT2D eigenvalue weighted by molar-refractivity contribution is 7.94. The van der Waals surface area contributed by atoms with E-state index in [1.54, 1.807) is 24.4 Å². The molecule has 0 saturated carbocycles. The Kier molecular flexibility index (Phi) is 4.51. The quantitative estimate of drug-likeness (QED) is 0.705. The van der Waals surface area contributed by atoms with Crippen molar-refractivity contribution in [1.29, 1.82) is 0 Å². The zero-order valence-electron chi connectivity index (χ0n) is 11.7. The summed E-state index contributed by atoms with van der Waals surface area (Å²) in [5.74, 6) is 0.244. The Labute approximate surface area is 143 Å². The summed E-state index contributed by atoms with van der Waals surface area (Å²) in [7, 11) is -3.66. The summed E-state index contributed by atoms with van der Waals surface area (Å²) >= 11 is 6.76. The Balaban J connectivity index is 1.72. The molecule has 23 heavy (non-hydrogen) atoms. The van der Waals surface area contributed by atoms with Crippen molar-refractivity contribution in [2.45, 2.75) is 4.21 Å². The third kappa shape index (κ3) is 4.01. The minimum Gasteiger partial charge on any atom is -0.354 e. The van der Waals surface area contributed by atoms with Gasteiger partial charge >= 0.3 is 0 Å². The molecule has 0 unspecified atom stereocenters. The minimum atomic E-state index is -3.66. The summed E-state index contributed by atoms with van der Waals surface area (Å²) in [4.78, 5) is 4.11. The van der Waals surface area contributed by atoms with Crippen LogP contribution in [0.15, 0.2) is 65.0 Å². The SMILES string of the molecule is O=S(=O)(Nc1ccc(Nc2ccccc2)cn1)c1ccc(Cl)s1. The minimum absolute atomic E-state index is 0.149. The van der Waals surface area contributed by atoms with Gasteiger partial charge in [-0.2, -0.15) is 0 Å². The number of thiophene rings is 1. The van der Waals surface area contributed by atoms with Crippen molar-refractivity contribution in [3.05, 3.63) is 65.1 Å². The summed E-state index contributed by atoms with van der Waals surface area (Å²) in [6, 6.07) is 16.0. The molecule has 2 aromatic heterocycles. The Hall–Kier alpha value is -2.09. The van der Waals surface area contributed by atoms with Crippen LogP contribution in [0, 0.1) is 0 Å². The number of nitrogens with one attached hydrogen (secondary N) is 2. The zero-order chi connectivity index (χ0) is 16.3.